The molecule has 3 aromatic rings. The van der Waals surface area contributed by atoms with Gasteiger partial charge in [0.25, 0.3) is 0 Å². The second kappa shape index (κ2) is 11.2. The van der Waals surface area contributed by atoms with Gasteiger partial charge in [-0.05, 0) is 54.7 Å². The molecule has 1 aliphatic carbocycles. The fraction of sp³-hybridized carbons (Fsp3) is 0.333. The molecular weight excluding hydrogens is 490 g/mol. The monoisotopic (exact) mass is 521 g/mol. The molecule has 4 N–H and O–H groups in total. The number of carbonyl (C=O) groups is 2. The number of nitrogens with zero attached hydrogens (tertiary/aromatic N) is 1. The van der Waals surface area contributed by atoms with Crippen LogP contribution in [0.1, 0.15) is 37.4 Å². The lowest BCUT2D eigenvalue weighted by atomic mass is 9.95. The Morgan fingerprint density at radius 2 is 1.84 bits per heavy atom. The van der Waals surface area contributed by atoms with Crippen LogP contribution in [0.3, 0.4) is 0 Å². The Morgan fingerprint density at radius 1 is 1.08 bits per heavy atom. The Balaban J connectivity index is 1.84. The molecular formula is C27H31N5O6. The van der Waals surface area contributed by atoms with E-state index in [-0.39, 0.29) is 22.9 Å². The van der Waals surface area contributed by atoms with E-state index < -0.39 is 12.1 Å². The van der Waals surface area contributed by atoms with Crippen LogP contribution in [0, 0.1) is 0 Å². The second-order valence-corrected chi connectivity index (χ2v) is 8.92. The maximum Gasteiger partial charge on any atom is 0.247 e. The minimum Gasteiger partial charge on any atom is -0.493 e. The lowest BCUT2D eigenvalue weighted by molar-refractivity contribution is -0.119. The molecule has 0 unspecified atom stereocenters. The van der Waals surface area contributed by atoms with E-state index >= 15 is 0 Å². The summed E-state index contributed by atoms with van der Waals surface area (Å²) < 4.78 is 17.0. The first-order valence-corrected chi connectivity index (χ1v) is 12.1. The third-order valence-electron chi connectivity index (χ3n) is 6.44. The molecule has 0 aliphatic heterocycles. The molecule has 2 atom stereocenters. The van der Waals surface area contributed by atoms with Crippen molar-refractivity contribution in [1.29, 1.82) is 0 Å². The number of H-pyrrole nitrogens is 1. The summed E-state index contributed by atoms with van der Waals surface area (Å²) in [5.41, 5.74) is 2.91. The molecule has 0 saturated carbocycles. The quantitative estimate of drug-likeness (QED) is 0.354. The number of methoxy groups -OCH3 is 3. The van der Waals surface area contributed by atoms with Crippen molar-refractivity contribution < 1.29 is 23.8 Å². The number of benzene rings is 1. The Kier molecular flexibility index (Phi) is 7.85. The number of hydrogen-bond donors (Lipinski definition) is 4. The van der Waals surface area contributed by atoms with Crippen LogP contribution in [0.2, 0.25) is 0 Å². The van der Waals surface area contributed by atoms with Crippen molar-refractivity contribution in [3.8, 4) is 28.4 Å². The van der Waals surface area contributed by atoms with Crippen LogP contribution in [-0.4, -0.2) is 49.4 Å². The van der Waals surface area contributed by atoms with Crippen LogP contribution in [0.5, 0.6) is 17.2 Å². The van der Waals surface area contributed by atoms with Gasteiger partial charge in [0.15, 0.2) is 11.5 Å². The Labute approximate surface area is 219 Å². The zero-order valence-electron chi connectivity index (χ0n) is 21.9. The van der Waals surface area contributed by atoms with E-state index in [2.05, 4.69) is 26.1 Å². The van der Waals surface area contributed by atoms with Gasteiger partial charge >= 0.3 is 0 Å². The number of anilines is 2. The normalized spacial score (nSPS) is 14.7. The number of aryl methyl sites for hydroxylation is 1. The number of carbonyl (C=O) groups excluding carboxylic acids is 2. The number of amides is 2. The number of hydrogen-bond acceptors (Lipinski definition) is 8. The molecule has 0 bridgehead atoms. The molecule has 38 heavy (non-hydrogen) atoms. The molecule has 1 aliphatic rings. The molecule has 11 heteroatoms. The lowest BCUT2D eigenvalue weighted by Gasteiger charge is -2.19. The summed E-state index contributed by atoms with van der Waals surface area (Å²) in [7, 11) is 4.63. The smallest absolute Gasteiger partial charge is 0.247 e. The SMILES string of the molecule is COc1cc2c(c(OC)c1OC)-c1ccc(N[C@@H](C)C(=O)Nc3ccn[nH]3)c(=O)cc1[C@@H](NC(C)=O)CC2. The van der Waals surface area contributed by atoms with Gasteiger partial charge in [0.1, 0.15) is 11.9 Å². The van der Waals surface area contributed by atoms with Gasteiger partial charge in [-0.1, -0.05) is 6.07 Å². The van der Waals surface area contributed by atoms with Gasteiger partial charge in [-0.2, -0.15) is 5.10 Å². The highest BCUT2D eigenvalue weighted by molar-refractivity contribution is 5.95. The van der Waals surface area contributed by atoms with Crippen molar-refractivity contribution in [2.75, 3.05) is 32.0 Å². The average molecular weight is 522 g/mol. The van der Waals surface area contributed by atoms with Crippen molar-refractivity contribution in [2.24, 2.45) is 0 Å². The van der Waals surface area contributed by atoms with Crippen molar-refractivity contribution in [3.05, 3.63) is 57.9 Å². The third kappa shape index (κ3) is 5.26. The highest BCUT2D eigenvalue weighted by Crippen LogP contribution is 2.50. The highest BCUT2D eigenvalue weighted by Gasteiger charge is 2.29. The van der Waals surface area contributed by atoms with Gasteiger partial charge in [0.2, 0.25) is 23.0 Å². The fourth-order valence-electron chi connectivity index (χ4n) is 4.69. The minimum absolute atomic E-state index is 0.213. The number of aromatic amines is 1. The summed E-state index contributed by atoms with van der Waals surface area (Å²) >= 11 is 0. The topological polar surface area (TPSA) is 144 Å². The van der Waals surface area contributed by atoms with Crippen LogP contribution >= 0.6 is 0 Å². The molecule has 0 spiro atoms. The van der Waals surface area contributed by atoms with Gasteiger partial charge in [-0.15, -0.1) is 0 Å². The standard InChI is InChI=1S/C27H31N5O6/c1-14(27(35)31-23-10-11-28-32-23)29-20-9-7-17-18(13-21(20)34)19(30-15(2)33)8-6-16-12-22(36-3)25(37-4)26(38-5)24(16)17/h7,9-14,19H,6,8H2,1-5H3,(H,29,34)(H,30,33)(H2,28,31,32,35)/t14-,19-/m0/s1. The summed E-state index contributed by atoms with van der Waals surface area (Å²) in [5, 5.41) is 15.2. The average Bonchev–Trinajstić information content (AvgIpc) is 3.30. The molecule has 0 radical (unpaired) electrons. The van der Waals surface area contributed by atoms with E-state index in [1.807, 2.05) is 6.07 Å². The third-order valence-corrected chi connectivity index (χ3v) is 6.44. The number of ether oxygens (including phenoxy) is 3. The minimum atomic E-state index is -0.731. The molecule has 2 aromatic carbocycles. The van der Waals surface area contributed by atoms with Gasteiger partial charge in [0.05, 0.1) is 39.3 Å². The first-order valence-electron chi connectivity index (χ1n) is 12.1. The van der Waals surface area contributed by atoms with Crippen LogP contribution in [0.4, 0.5) is 11.5 Å². The number of nitrogens with one attached hydrogen (secondary N) is 4. The van der Waals surface area contributed by atoms with E-state index in [9.17, 15) is 14.4 Å². The maximum atomic E-state index is 13.4. The van der Waals surface area contributed by atoms with Crippen molar-refractivity contribution in [1.82, 2.24) is 15.5 Å². The largest absolute Gasteiger partial charge is 0.493 e. The summed E-state index contributed by atoms with van der Waals surface area (Å²) in [4.78, 5) is 38.1. The van der Waals surface area contributed by atoms with E-state index in [4.69, 9.17) is 14.2 Å². The molecule has 2 amide bonds. The van der Waals surface area contributed by atoms with E-state index in [0.29, 0.717) is 47.0 Å². The molecule has 1 aromatic heterocycles. The van der Waals surface area contributed by atoms with Gasteiger partial charge in [0, 0.05) is 18.6 Å². The highest BCUT2D eigenvalue weighted by atomic mass is 16.5. The van der Waals surface area contributed by atoms with E-state index in [0.717, 1.165) is 11.1 Å². The summed E-state index contributed by atoms with van der Waals surface area (Å²) in [5.74, 6) is 1.30. The first kappa shape index (κ1) is 26.5. The maximum absolute atomic E-state index is 13.4. The molecule has 11 nitrogen and oxygen atoms in total. The number of aromatic nitrogens is 2. The van der Waals surface area contributed by atoms with Crippen LogP contribution in [-0.2, 0) is 16.0 Å². The van der Waals surface area contributed by atoms with Gasteiger partial charge < -0.3 is 30.2 Å². The van der Waals surface area contributed by atoms with Crippen molar-refractivity contribution in [3.63, 3.8) is 0 Å². The lowest BCUT2D eigenvalue weighted by Crippen LogP contribution is -2.33. The van der Waals surface area contributed by atoms with E-state index in [1.54, 1.807) is 39.3 Å². The molecule has 0 fully saturated rings. The van der Waals surface area contributed by atoms with Crippen LogP contribution in [0.15, 0.2) is 41.3 Å². The summed E-state index contributed by atoms with van der Waals surface area (Å²) in [6.45, 7) is 3.09. The van der Waals surface area contributed by atoms with Gasteiger partial charge in [-0.25, -0.2) is 0 Å². The number of rotatable bonds is 8. The van der Waals surface area contributed by atoms with E-state index in [1.165, 1.54) is 26.3 Å². The predicted molar refractivity (Wildman–Crippen MR) is 143 cm³/mol. The van der Waals surface area contributed by atoms with Crippen molar-refractivity contribution in [2.45, 2.75) is 38.8 Å². The first-order chi connectivity index (χ1) is 18.3. The summed E-state index contributed by atoms with van der Waals surface area (Å²) in [6, 6.07) is 7.30. The van der Waals surface area contributed by atoms with Gasteiger partial charge in [-0.3, -0.25) is 19.5 Å². The molecule has 200 valence electrons. The number of fused-ring (bicyclic) bond motifs is 3. The second-order valence-electron chi connectivity index (χ2n) is 8.92. The van der Waals surface area contributed by atoms with Crippen molar-refractivity contribution >= 4 is 23.3 Å². The van der Waals surface area contributed by atoms with Crippen LogP contribution in [0.25, 0.3) is 11.1 Å². The zero-order valence-corrected chi connectivity index (χ0v) is 21.9. The molecule has 4 rings (SSSR count). The Hall–Kier alpha value is -4.54. The zero-order chi connectivity index (χ0) is 27.4. The van der Waals surface area contributed by atoms with Crippen LogP contribution < -0.4 is 35.6 Å². The molecule has 0 saturated heterocycles. The Bertz CT molecular complexity index is 1410. The molecule has 1 heterocycles. The fourth-order valence-corrected chi connectivity index (χ4v) is 4.69. The Morgan fingerprint density at radius 3 is 2.47 bits per heavy atom. The predicted octanol–water partition coefficient (Wildman–Crippen LogP) is 3.03. The summed E-state index contributed by atoms with van der Waals surface area (Å²) in [6.07, 6.45) is 2.67.